The number of para-hydroxylation sites is 1. The lowest BCUT2D eigenvalue weighted by Gasteiger charge is -2.05. The molecule has 0 aromatic heterocycles. The molecule has 0 fully saturated rings. The van der Waals surface area contributed by atoms with Crippen molar-refractivity contribution >= 4 is 27.3 Å². The van der Waals surface area contributed by atoms with Crippen molar-refractivity contribution in [2.45, 2.75) is 0 Å². The van der Waals surface area contributed by atoms with E-state index in [4.69, 9.17) is 0 Å². The molecule has 0 heterocycles. The Morgan fingerprint density at radius 2 is 1.50 bits per heavy atom. The molecule has 0 aliphatic rings. The Hall–Kier alpha value is -1.28. The quantitative estimate of drug-likeness (QED) is 0.840. The summed E-state index contributed by atoms with van der Waals surface area (Å²) in [6.45, 7) is 0. The van der Waals surface area contributed by atoms with E-state index >= 15 is 0 Å². The smallest absolute Gasteiger partial charge is 0.0395 e. The van der Waals surface area contributed by atoms with Crippen molar-refractivity contribution in [2.75, 3.05) is 5.32 Å². The van der Waals surface area contributed by atoms with Gasteiger partial charge in [0.05, 0.1) is 0 Å². The van der Waals surface area contributed by atoms with E-state index in [1.54, 1.807) is 0 Å². The normalized spacial score (nSPS) is 9.79. The molecule has 2 heteroatoms. The van der Waals surface area contributed by atoms with Gasteiger partial charge in [-0.2, -0.15) is 0 Å². The van der Waals surface area contributed by atoms with Gasteiger partial charge in [0.25, 0.3) is 0 Å². The van der Waals surface area contributed by atoms with Crippen molar-refractivity contribution < 1.29 is 0 Å². The average molecular weight is 248 g/mol. The van der Waals surface area contributed by atoms with Gasteiger partial charge >= 0.3 is 0 Å². The Bertz CT molecular complexity index is 412. The van der Waals surface area contributed by atoms with Crippen LogP contribution in [0, 0.1) is 0 Å². The van der Waals surface area contributed by atoms with Crippen molar-refractivity contribution in [3.8, 4) is 0 Å². The van der Waals surface area contributed by atoms with Gasteiger partial charge in [0.1, 0.15) is 0 Å². The Kier molecular flexibility index (Phi) is 2.84. The highest BCUT2D eigenvalue weighted by atomic mass is 79.9. The van der Waals surface area contributed by atoms with Crippen LogP contribution >= 0.6 is 15.9 Å². The average Bonchev–Trinajstić information content (AvgIpc) is 2.19. The van der Waals surface area contributed by atoms with Gasteiger partial charge in [-0.3, -0.25) is 0 Å². The highest BCUT2D eigenvalue weighted by Gasteiger charge is 1.93. The van der Waals surface area contributed by atoms with E-state index in [2.05, 4.69) is 21.2 Å². The van der Waals surface area contributed by atoms with E-state index in [0.29, 0.717) is 0 Å². The lowest BCUT2D eigenvalue weighted by molar-refractivity contribution is 1.53. The number of benzene rings is 2. The molecule has 2 aromatic carbocycles. The fourth-order valence-corrected chi connectivity index (χ4v) is 1.65. The van der Waals surface area contributed by atoms with Crippen LogP contribution in [0.3, 0.4) is 0 Å². The highest BCUT2D eigenvalue weighted by molar-refractivity contribution is 9.10. The predicted molar refractivity (Wildman–Crippen MR) is 63.9 cm³/mol. The molecule has 0 amide bonds. The molecule has 0 atom stereocenters. The standard InChI is InChI=1S/C12H10BrN/c13-10-5-4-8-12(9-10)14-11-6-2-1-3-7-11/h1-9,14H. The molecule has 14 heavy (non-hydrogen) atoms. The molecule has 0 saturated carbocycles. The minimum absolute atomic E-state index is 1.08. The van der Waals surface area contributed by atoms with Gasteiger partial charge in [0, 0.05) is 15.8 Å². The summed E-state index contributed by atoms with van der Waals surface area (Å²) in [5.74, 6) is 0. The summed E-state index contributed by atoms with van der Waals surface area (Å²) < 4.78 is 1.08. The molecule has 0 unspecified atom stereocenters. The monoisotopic (exact) mass is 247 g/mol. The molecule has 0 spiro atoms. The SMILES string of the molecule is Brc1cccc(Nc2ccccc2)c1. The molecule has 0 bridgehead atoms. The van der Waals surface area contributed by atoms with E-state index in [1.807, 2.05) is 54.6 Å². The molecule has 70 valence electrons. The van der Waals surface area contributed by atoms with Crippen LogP contribution < -0.4 is 5.32 Å². The molecule has 0 aliphatic carbocycles. The Morgan fingerprint density at radius 3 is 2.21 bits per heavy atom. The highest BCUT2D eigenvalue weighted by Crippen LogP contribution is 2.19. The maximum atomic E-state index is 3.44. The largest absolute Gasteiger partial charge is 0.355 e. The molecule has 2 rings (SSSR count). The summed E-state index contributed by atoms with van der Waals surface area (Å²) in [4.78, 5) is 0. The zero-order valence-electron chi connectivity index (χ0n) is 7.57. The van der Waals surface area contributed by atoms with Gasteiger partial charge in [-0.25, -0.2) is 0 Å². The zero-order chi connectivity index (χ0) is 9.80. The van der Waals surface area contributed by atoms with Crippen LogP contribution in [0.2, 0.25) is 0 Å². The first-order valence-corrected chi connectivity index (χ1v) is 5.21. The minimum Gasteiger partial charge on any atom is -0.355 e. The number of hydrogen-bond acceptors (Lipinski definition) is 1. The van der Waals surface area contributed by atoms with Gasteiger partial charge in [0.2, 0.25) is 0 Å². The first kappa shape index (κ1) is 9.28. The molecular formula is C12H10BrN. The summed E-state index contributed by atoms with van der Waals surface area (Å²) in [5.41, 5.74) is 2.19. The first-order chi connectivity index (χ1) is 6.84. The Morgan fingerprint density at radius 1 is 0.786 bits per heavy atom. The summed E-state index contributed by atoms with van der Waals surface area (Å²) in [7, 11) is 0. The van der Waals surface area contributed by atoms with Gasteiger partial charge in [0.15, 0.2) is 0 Å². The summed E-state index contributed by atoms with van der Waals surface area (Å²) in [6, 6.07) is 18.2. The van der Waals surface area contributed by atoms with E-state index in [9.17, 15) is 0 Å². The van der Waals surface area contributed by atoms with E-state index in [-0.39, 0.29) is 0 Å². The Labute approximate surface area is 91.9 Å². The van der Waals surface area contributed by atoms with Crippen molar-refractivity contribution in [2.24, 2.45) is 0 Å². The molecule has 1 N–H and O–H groups in total. The molecule has 0 aliphatic heterocycles. The third kappa shape index (κ3) is 2.36. The number of nitrogens with one attached hydrogen (secondary N) is 1. The van der Waals surface area contributed by atoms with Gasteiger partial charge in [-0.05, 0) is 30.3 Å². The van der Waals surface area contributed by atoms with Gasteiger partial charge in [-0.15, -0.1) is 0 Å². The summed E-state index contributed by atoms with van der Waals surface area (Å²) >= 11 is 3.44. The van der Waals surface area contributed by atoms with Crippen molar-refractivity contribution in [1.82, 2.24) is 0 Å². The van der Waals surface area contributed by atoms with Crippen LogP contribution in [0.15, 0.2) is 59.1 Å². The molecule has 0 saturated heterocycles. The summed E-state index contributed by atoms with van der Waals surface area (Å²) in [5, 5.41) is 3.31. The van der Waals surface area contributed by atoms with E-state index in [1.165, 1.54) is 0 Å². The van der Waals surface area contributed by atoms with Crippen LogP contribution in [-0.2, 0) is 0 Å². The van der Waals surface area contributed by atoms with E-state index in [0.717, 1.165) is 15.8 Å². The second-order valence-corrected chi connectivity index (χ2v) is 3.92. The number of halogens is 1. The fourth-order valence-electron chi connectivity index (χ4n) is 1.25. The van der Waals surface area contributed by atoms with Crippen LogP contribution in [0.4, 0.5) is 11.4 Å². The number of anilines is 2. The Balaban J connectivity index is 2.19. The summed E-state index contributed by atoms with van der Waals surface area (Å²) in [6.07, 6.45) is 0. The minimum atomic E-state index is 1.08. The van der Waals surface area contributed by atoms with Crippen molar-refractivity contribution in [3.05, 3.63) is 59.1 Å². The third-order valence-corrected chi connectivity index (χ3v) is 2.38. The van der Waals surface area contributed by atoms with Crippen LogP contribution in [0.5, 0.6) is 0 Å². The molecule has 2 aromatic rings. The van der Waals surface area contributed by atoms with Crippen molar-refractivity contribution in [3.63, 3.8) is 0 Å². The molecule has 0 radical (unpaired) electrons. The predicted octanol–water partition coefficient (Wildman–Crippen LogP) is 4.19. The number of rotatable bonds is 2. The second-order valence-electron chi connectivity index (χ2n) is 3.00. The lowest BCUT2D eigenvalue weighted by atomic mass is 10.3. The second kappa shape index (κ2) is 4.29. The zero-order valence-corrected chi connectivity index (χ0v) is 9.16. The lowest BCUT2D eigenvalue weighted by Crippen LogP contribution is -1.88. The third-order valence-electron chi connectivity index (χ3n) is 1.89. The fraction of sp³-hybridized carbons (Fsp3) is 0. The van der Waals surface area contributed by atoms with Crippen molar-refractivity contribution in [1.29, 1.82) is 0 Å². The van der Waals surface area contributed by atoms with Gasteiger partial charge in [-0.1, -0.05) is 40.2 Å². The number of hydrogen-bond donors (Lipinski definition) is 1. The van der Waals surface area contributed by atoms with Crippen LogP contribution in [-0.4, -0.2) is 0 Å². The van der Waals surface area contributed by atoms with Crippen LogP contribution in [0.25, 0.3) is 0 Å². The molecular weight excluding hydrogens is 238 g/mol. The topological polar surface area (TPSA) is 12.0 Å². The maximum absolute atomic E-state index is 3.44. The van der Waals surface area contributed by atoms with Gasteiger partial charge < -0.3 is 5.32 Å². The maximum Gasteiger partial charge on any atom is 0.0395 e. The first-order valence-electron chi connectivity index (χ1n) is 4.42. The molecule has 1 nitrogen and oxygen atoms in total. The van der Waals surface area contributed by atoms with E-state index < -0.39 is 0 Å². The van der Waals surface area contributed by atoms with Crippen LogP contribution in [0.1, 0.15) is 0 Å².